The number of ketones is 1. The highest BCUT2D eigenvalue weighted by Gasteiger charge is 2.14. The Bertz CT molecular complexity index is 852. The minimum Gasteiger partial charge on any atom is -0.372 e. The summed E-state index contributed by atoms with van der Waals surface area (Å²) in [6.45, 7) is 5.08. The van der Waals surface area contributed by atoms with Gasteiger partial charge in [-0.15, -0.1) is 6.58 Å². The normalized spacial score (nSPS) is 11.7. The van der Waals surface area contributed by atoms with Gasteiger partial charge in [0.2, 0.25) is 0 Å². The van der Waals surface area contributed by atoms with Gasteiger partial charge in [0.1, 0.15) is 0 Å². The van der Waals surface area contributed by atoms with Gasteiger partial charge in [-0.2, -0.15) is 0 Å². The van der Waals surface area contributed by atoms with E-state index in [2.05, 4.69) is 43.0 Å². The zero-order valence-electron chi connectivity index (χ0n) is 15.4. The van der Waals surface area contributed by atoms with Crippen molar-refractivity contribution in [2.24, 2.45) is 0 Å². The Morgan fingerprint density at radius 2 is 1.37 bits per heavy atom. The molecule has 3 aromatic rings. The van der Waals surface area contributed by atoms with Gasteiger partial charge in [0.15, 0.2) is 5.78 Å². The summed E-state index contributed by atoms with van der Waals surface area (Å²) < 4.78 is 5.78. The van der Waals surface area contributed by atoms with Gasteiger partial charge in [0, 0.05) is 17.9 Å². The standard InChI is InChI=1S/C25H24O2/c1-2-22(17-25(26)24-11-7-4-8-12-24)23-15-13-21(14-16-23)19-27-18-20-9-5-3-6-10-20/h2-16,22H,1,17-19H2. The summed E-state index contributed by atoms with van der Waals surface area (Å²) in [5, 5.41) is 0. The molecule has 136 valence electrons. The maximum absolute atomic E-state index is 12.5. The van der Waals surface area contributed by atoms with Gasteiger partial charge in [-0.05, 0) is 16.7 Å². The van der Waals surface area contributed by atoms with Crippen LogP contribution in [0.25, 0.3) is 0 Å². The van der Waals surface area contributed by atoms with Crippen LogP contribution >= 0.6 is 0 Å². The van der Waals surface area contributed by atoms with Gasteiger partial charge in [-0.25, -0.2) is 0 Å². The lowest BCUT2D eigenvalue weighted by molar-refractivity contribution is 0.0978. The van der Waals surface area contributed by atoms with Crippen LogP contribution in [0.15, 0.2) is 97.6 Å². The van der Waals surface area contributed by atoms with Crippen molar-refractivity contribution in [1.82, 2.24) is 0 Å². The fourth-order valence-corrected chi connectivity index (χ4v) is 3.00. The van der Waals surface area contributed by atoms with Crippen LogP contribution < -0.4 is 0 Å². The number of hydrogen-bond donors (Lipinski definition) is 0. The first-order valence-electron chi connectivity index (χ1n) is 9.17. The van der Waals surface area contributed by atoms with Crippen molar-refractivity contribution < 1.29 is 9.53 Å². The number of carbonyl (C=O) groups is 1. The summed E-state index contributed by atoms with van der Waals surface area (Å²) in [5.41, 5.74) is 4.13. The molecule has 0 amide bonds. The van der Waals surface area contributed by atoms with E-state index in [1.807, 2.05) is 54.6 Å². The van der Waals surface area contributed by atoms with Crippen LogP contribution in [0.2, 0.25) is 0 Å². The summed E-state index contributed by atoms with van der Waals surface area (Å²) in [7, 11) is 0. The van der Waals surface area contributed by atoms with Crippen LogP contribution in [0.5, 0.6) is 0 Å². The van der Waals surface area contributed by atoms with Crippen LogP contribution in [-0.2, 0) is 18.0 Å². The molecule has 0 saturated carbocycles. The lowest BCUT2D eigenvalue weighted by Crippen LogP contribution is -2.06. The van der Waals surface area contributed by atoms with Crippen LogP contribution in [0.1, 0.15) is 39.4 Å². The largest absolute Gasteiger partial charge is 0.372 e. The van der Waals surface area contributed by atoms with Crippen molar-refractivity contribution in [3.63, 3.8) is 0 Å². The second kappa shape index (κ2) is 9.65. The molecule has 0 aromatic heterocycles. The van der Waals surface area contributed by atoms with Gasteiger partial charge < -0.3 is 4.74 Å². The second-order valence-corrected chi connectivity index (χ2v) is 6.56. The van der Waals surface area contributed by atoms with Gasteiger partial charge in [-0.1, -0.05) is 91.0 Å². The van der Waals surface area contributed by atoms with Gasteiger partial charge in [0.25, 0.3) is 0 Å². The third-order valence-corrected chi connectivity index (χ3v) is 4.57. The Kier molecular flexibility index (Phi) is 6.72. The average molecular weight is 356 g/mol. The van der Waals surface area contributed by atoms with E-state index in [1.54, 1.807) is 0 Å². The molecule has 0 N–H and O–H groups in total. The van der Waals surface area contributed by atoms with E-state index in [4.69, 9.17) is 4.74 Å². The fraction of sp³-hybridized carbons (Fsp3) is 0.160. The minimum absolute atomic E-state index is 0.0111. The molecule has 0 bridgehead atoms. The molecule has 2 heteroatoms. The van der Waals surface area contributed by atoms with E-state index in [0.717, 1.165) is 16.7 Å². The molecule has 0 radical (unpaired) electrons. The number of Topliss-reactive ketones (excluding diaryl/α,β-unsaturated/α-hetero) is 1. The molecule has 0 spiro atoms. The van der Waals surface area contributed by atoms with Crippen LogP contribution in [0, 0.1) is 0 Å². The number of carbonyl (C=O) groups excluding carboxylic acids is 1. The summed E-state index contributed by atoms with van der Waals surface area (Å²) >= 11 is 0. The highest BCUT2D eigenvalue weighted by molar-refractivity contribution is 5.96. The molecule has 0 aliphatic rings. The number of rotatable bonds is 9. The SMILES string of the molecule is C=CC(CC(=O)c1ccccc1)c1ccc(COCc2ccccc2)cc1. The predicted molar refractivity (Wildman–Crippen MR) is 110 cm³/mol. The molecule has 0 saturated heterocycles. The zero-order chi connectivity index (χ0) is 18.9. The maximum atomic E-state index is 12.5. The summed E-state index contributed by atoms with van der Waals surface area (Å²) in [4.78, 5) is 12.5. The molecule has 3 rings (SSSR count). The van der Waals surface area contributed by atoms with E-state index in [1.165, 1.54) is 5.56 Å². The van der Waals surface area contributed by atoms with Crippen molar-refractivity contribution in [3.8, 4) is 0 Å². The van der Waals surface area contributed by atoms with Crippen molar-refractivity contribution in [3.05, 3.63) is 120 Å². The maximum Gasteiger partial charge on any atom is 0.163 e. The van der Waals surface area contributed by atoms with Crippen molar-refractivity contribution >= 4 is 5.78 Å². The van der Waals surface area contributed by atoms with Crippen molar-refractivity contribution in [2.45, 2.75) is 25.6 Å². The predicted octanol–water partition coefficient (Wildman–Crippen LogP) is 5.95. The van der Waals surface area contributed by atoms with Gasteiger partial charge >= 0.3 is 0 Å². The molecule has 0 heterocycles. The minimum atomic E-state index is 0.0111. The Balaban J connectivity index is 1.56. The van der Waals surface area contributed by atoms with E-state index < -0.39 is 0 Å². The van der Waals surface area contributed by atoms with E-state index in [0.29, 0.717) is 19.6 Å². The third-order valence-electron chi connectivity index (χ3n) is 4.57. The Hall–Kier alpha value is -2.97. The molecule has 1 atom stereocenters. The molecule has 0 aliphatic heterocycles. The molecule has 27 heavy (non-hydrogen) atoms. The monoisotopic (exact) mass is 356 g/mol. The first-order valence-corrected chi connectivity index (χ1v) is 9.17. The molecular weight excluding hydrogens is 332 g/mol. The number of hydrogen-bond acceptors (Lipinski definition) is 2. The lowest BCUT2D eigenvalue weighted by atomic mass is 9.91. The zero-order valence-corrected chi connectivity index (χ0v) is 15.4. The Labute approximate surface area is 161 Å². The molecule has 3 aromatic carbocycles. The molecule has 1 unspecified atom stereocenters. The summed E-state index contributed by atoms with van der Waals surface area (Å²) in [5.74, 6) is 0.146. The summed E-state index contributed by atoms with van der Waals surface area (Å²) in [6, 6.07) is 27.8. The summed E-state index contributed by atoms with van der Waals surface area (Å²) in [6.07, 6.45) is 2.28. The van der Waals surface area contributed by atoms with Crippen LogP contribution in [0.4, 0.5) is 0 Å². The number of allylic oxidation sites excluding steroid dienone is 1. The topological polar surface area (TPSA) is 26.3 Å². The molecule has 0 aliphatic carbocycles. The lowest BCUT2D eigenvalue weighted by Gasteiger charge is -2.13. The first-order chi connectivity index (χ1) is 13.3. The highest BCUT2D eigenvalue weighted by Crippen LogP contribution is 2.23. The van der Waals surface area contributed by atoms with E-state index in [9.17, 15) is 4.79 Å². The first kappa shape index (κ1) is 18.8. The molecule has 2 nitrogen and oxygen atoms in total. The van der Waals surface area contributed by atoms with Gasteiger partial charge in [0.05, 0.1) is 13.2 Å². The Morgan fingerprint density at radius 1 is 0.815 bits per heavy atom. The van der Waals surface area contributed by atoms with E-state index >= 15 is 0 Å². The number of benzene rings is 3. The Morgan fingerprint density at radius 3 is 1.96 bits per heavy atom. The smallest absolute Gasteiger partial charge is 0.163 e. The van der Waals surface area contributed by atoms with Gasteiger partial charge in [-0.3, -0.25) is 4.79 Å². The highest BCUT2D eigenvalue weighted by atomic mass is 16.5. The van der Waals surface area contributed by atoms with Crippen LogP contribution in [0.3, 0.4) is 0 Å². The van der Waals surface area contributed by atoms with Crippen LogP contribution in [-0.4, -0.2) is 5.78 Å². The third kappa shape index (κ3) is 5.50. The second-order valence-electron chi connectivity index (χ2n) is 6.56. The molecule has 0 fully saturated rings. The number of ether oxygens (including phenoxy) is 1. The average Bonchev–Trinajstić information content (AvgIpc) is 2.74. The van der Waals surface area contributed by atoms with Crippen molar-refractivity contribution in [2.75, 3.05) is 0 Å². The van der Waals surface area contributed by atoms with E-state index in [-0.39, 0.29) is 11.7 Å². The van der Waals surface area contributed by atoms with Crippen molar-refractivity contribution in [1.29, 1.82) is 0 Å². The molecular formula is C25H24O2. The fourth-order valence-electron chi connectivity index (χ4n) is 3.00. The quantitative estimate of drug-likeness (QED) is 0.350.